The first-order valence-electron chi connectivity index (χ1n) is 4.51. The molecule has 0 fully saturated rings. The number of halogens is 3. The van der Waals surface area contributed by atoms with Crippen LogP contribution >= 0.6 is 0 Å². The van der Waals surface area contributed by atoms with Crippen LogP contribution < -0.4 is 11.3 Å². The first-order chi connectivity index (χ1) is 7.76. The van der Waals surface area contributed by atoms with Crippen molar-refractivity contribution in [2.75, 3.05) is 0 Å². The van der Waals surface area contributed by atoms with Crippen molar-refractivity contribution in [2.24, 2.45) is 10.9 Å². The highest BCUT2D eigenvalue weighted by molar-refractivity contribution is 5.96. The molecule has 17 heavy (non-hydrogen) atoms. The lowest BCUT2D eigenvalue weighted by Crippen LogP contribution is -2.34. The molecule has 0 bridgehead atoms. The lowest BCUT2D eigenvalue weighted by molar-refractivity contribution is -0.141. The Hall–Kier alpha value is -1.99. The highest BCUT2D eigenvalue weighted by atomic mass is 19.4. The first kappa shape index (κ1) is 13.1. The normalized spacial score (nSPS) is 12.8. The maximum absolute atomic E-state index is 12.2. The molecule has 1 aromatic rings. The van der Waals surface area contributed by atoms with Crippen LogP contribution in [0, 0.1) is 6.92 Å². The molecule has 8 heteroatoms. The molecule has 0 spiro atoms. The van der Waals surface area contributed by atoms with E-state index in [1.165, 1.54) is 19.1 Å². The second-order valence-corrected chi connectivity index (χ2v) is 3.38. The molecule has 1 heterocycles. The Morgan fingerprint density at radius 3 is 2.59 bits per heavy atom. The molecule has 0 aliphatic heterocycles. The van der Waals surface area contributed by atoms with Crippen LogP contribution in [0.5, 0.6) is 0 Å². The van der Waals surface area contributed by atoms with Gasteiger partial charge in [-0.2, -0.15) is 13.2 Å². The van der Waals surface area contributed by atoms with Crippen molar-refractivity contribution in [3.63, 3.8) is 0 Å². The van der Waals surface area contributed by atoms with E-state index in [1.807, 2.05) is 0 Å². The van der Waals surface area contributed by atoms with Gasteiger partial charge in [0, 0.05) is 5.69 Å². The van der Waals surface area contributed by atoms with Crippen molar-refractivity contribution >= 4 is 5.84 Å². The summed E-state index contributed by atoms with van der Waals surface area (Å²) in [6.45, 7) is -0.0482. The zero-order valence-corrected chi connectivity index (χ0v) is 8.82. The van der Waals surface area contributed by atoms with Gasteiger partial charge < -0.3 is 15.5 Å². The van der Waals surface area contributed by atoms with Gasteiger partial charge in [-0.15, -0.1) is 0 Å². The molecule has 0 unspecified atom stereocenters. The zero-order chi connectivity index (χ0) is 13.2. The number of hydrogen-bond acceptors (Lipinski definition) is 3. The van der Waals surface area contributed by atoms with Crippen LogP contribution in [0.15, 0.2) is 22.1 Å². The molecular formula is C9H10F3N3O2. The summed E-state index contributed by atoms with van der Waals surface area (Å²) >= 11 is 0. The van der Waals surface area contributed by atoms with Gasteiger partial charge in [0.15, 0.2) is 5.84 Å². The zero-order valence-electron chi connectivity index (χ0n) is 8.82. The van der Waals surface area contributed by atoms with Crippen LogP contribution in [0.25, 0.3) is 0 Å². The summed E-state index contributed by atoms with van der Waals surface area (Å²) in [6, 6.07) is 2.50. The van der Waals surface area contributed by atoms with Crippen molar-refractivity contribution in [1.29, 1.82) is 0 Å². The predicted molar refractivity (Wildman–Crippen MR) is 54.0 cm³/mol. The van der Waals surface area contributed by atoms with Crippen molar-refractivity contribution < 1.29 is 18.4 Å². The average molecular weight is 249 g/mol. The fraction of sp³-hybridized carbons (Fsp3) is 0.333. The van der Waals surface area contributed by atoms with Crippen molar-refractivity contribution in [1.82, 2.24) is 4.57 Å². The first-order valence-corrected chi connectivity index (χ1v) is 4.51. The minimum Gasteiger partial charge on any atom is -0.409 e. The number of nitrogens with zero attached hydrogens (tertiary/aromatic N) is 2. The highest BCUT2D eigenvalue weighted by Crippen LogP contribution is 2.17. The van der Waals surface area contributed by atoms with Crippen molar-refractivity contribution in [2.45, 2.75) is 19.6 Å². The fourth-order valence-corrected chi connectivity index (χ4v) is 1.30. The summed E-state index contributed by atoms with van der Waals surface area (Å²) in [5.41, 5.74) is 4.10. The summed E-state index contributed by atoms with van der Waals surface area (Å²) in [5, 5.41) is 11.0. The van der Waals surface area contributed by atoms with Crippen LogP contribution in [0.3, 0.4) is 0 Å². The van der Waals surface area contributed by atoms with Crippen molar-refractivity contribution in [3.05, 3.63) is 33.7 Å². The standard InChI is InChI=1S/C9H10F3N3O2/c1-5-2-3-6(7(13)14-17)8(16)15(5)4-9(10,11)12/h2-3,17H,4H2,1H3,(H2,13,14). The molecule has 0 amide bonds. The van der Waals surface area contributed by atoms with E-state index in [1.54, 1.807) is 0 Å². The summed E-state index contributed by atoms with van der Waals surface area (Å²) in [7, 11) is 0. The summed E-state index contributed by atoms with van der Waals surface area (Å²) in [4.78, 5) is 11.7. The third-order valence-corrected chi connectivity index (χ3v) is 2.11. The largest absolute Gasteiger partial charge is 0.409 e. The average Bonchev–Trinajstić information content (AvgIpc) is 2.22. The number of alkyl halides is 3. The molecule has 3 N–H and O–H groups in total. The Bertz CT molecular complexity index is 505. The summed E-state index contributed by atoms with van der Waals surface area (Å²) in [6.07, 6.45) is -4.52. The van der Waals surface area contributed by atoms with E-state index in [-0.39, 0.29) is 11.3 Å². The third kappa shape index (κ3) is 2.99. The Balaban J connectivity index is 3.36. The molecular weight excluding hydrogens is 239 g/mol. The molecule has 0 aromatic carbocycles. The molecule has 0 aliphatic rings. The number of hydrogen-bond donors (Lipinski definition) is 2. The van der Waals surface area contributed by atoms with Crippen LogP contribution in [0.2, 0.25) is 0 Å². The summed E-state index contributed by atoms with van der Waals surface area (Å²) < 4.78 is 37.3. The Morgan fingerprint density at radius 1 is 1.53 bits per heavy atom. The number of oxime groups is 1. The van der Waals surface area contributed by atoms with Gasteiger partial charge in [0.2, 0.25) is 0 Å². The number of nitrogens with two attached hydrogens (primary N) is 1. The van der Waals surface area contributed by atoms with Gasteiger partial charge >= 0.3 is 6.18 Å². The number of aromatic nitrogens is 1. The van der Waals surface area contributed by atoms with E-state index < -0.39 is 24.1 Å². The van der Waals surface area contributed by atoms with Crippen LogP contribution in [0.1, 0.15) is 11.3 Å². The minimum atomic E-state index is -4.52. The minimum absolute atomic E-state index is 0.141. The third-order valence-electron chi connectivity index (χ3n) is 2.11. The van der Waals surface area contributed by atoms with Gasteiger partial charge in [0.05, 0.1) is 5.56 Å². The van der Waals surface area contributed by atoms with Gasteiger partial charge in [-0.3, -0.25) is 4.79 Å². The number of rotatable bonds is 2. The SMILES string of the molecule is Cc1ccc(/C(N)=N/O)c(=O)n1CC(F)(F)F. The number of pyridine rings is 1. The predicted octanol–water partition coefficient (Wildman–Crippen LogP) is 0.814. The lowest BCUT2D eigenvalue weighted by atomic mass is 10.2. The summed E-state index contributed by atoms with van der Waals surface area (Å²) in [5.74, 6) is -0.522. The quantitative estimate of drug-likeness (QED) is 0.352. The van der Waals surface area contributed by atoms with Crippen LogP contribution in [-0.2, 0) is 6.54 Å². The van der Waals surface area contributed by atoms with E-state index in [0.717, 1.165) is 0 Å². The fourth-order valence-electron chi connectivity index (χ4n) is 1.30. The Kier molecular flexibility index (Phi) is 3.45. The van der Waals surface area contributed by atoms with Gasteiger partial charge in [-0.1, -0.05) is 5.16 Å². The van der Waals surface area contributed by atoms with Gasteiger partial charge in [0.1, 0.15) is 6.54 Å². The molecule has 0 saturated carbocycles. The molecule has 0 aliphatic carbocycles. The topological polar surface area (TPSA) is 80.6 Å². The maximum atomic E-state index is 12.2. The molecule has 5 nitrogen and oxygen atoms in total. The monoisotopic (exact) mass is 249 g/mol. The van der Waals surface area contributed by atoms with Gasteiger partial charge in [0.25, 0.3) is 5.56 Å². The van der Waals surface area contributed by atoms with Crippen molar-refractivity contribution in [3.8, 4) is 0 Å². The molecule has 0 radical (unpaired) electrons. The van der Waals surface area contributed by atoms with E-state index in [9.17, 15) is 18.0 Å². The second kappa shape index (κ2) is 4.48. The highest BCUT2D eigenvalue weighted by Gasteiger charge is 2.29. The van der Waals surface area contributed by atoms with E-state index >= 15 is 0 Å². The van der Waals surface area contributed by atoms with E-state index in [2.05, 4.69) is 5.16 Å². The van der Waals surface area contributed by atoms with Gasteiger partial charge in [-0.25, -0.2) is 0 Å². The second-order valence-electron chi connectivity index (χ2n) is 3.38. The molecule has 0 saturated heterocycles. The van der Waals surface area contributed by atoms with E-state index in [4.69, 9.17) is 10.9 Å². The van der Waals surface area contributed by atoms with Crippen LogP contribution in [-0.4, -0.2) is 21.8 Å². The molecule has 1 aromatic heterocycles. The van der Waals surface area contributed by atoms with Crippen LogP contribution in [0.4, 0.5) is 13.2 Å². The maximum Gasteiger partial charge on any atom is 0.406 e. The van der Waals surface area contributed by atoms with Gasteiger partial charge in [-0.05, 0) is 19.1 Å². The number of aryl methyl sites for hydroxylation is 1. The lowest BCUT2D eigenvalue weighted by Gasteiger charge is -2.13. The number of amidine groups is 1. The Labute approximate surface area is 94.0 Å². The Morgan fingerprint density at radius 2 is 2.12 bits per heavy atom. The van der Waals surface area contributed by atoms with E-state index in [0.29, 0.717) is 4.57 Å². The smallest absolute Gasteiger partial charge is 0.406 e. The molecule has 94 valence electrons. The molecule has 1 rings (SSSR count). The molecule has 0 atom stereocenters.